The zero-order valence-corrected chi connectivity index (χ0v) is 15.8. The number of nitrogens with zero attached hydrogens (tertiary/aromatic N) is 3. The number of guanidine groups is 1. The van der Waals surface area contributed by atoms with E-state index in [1.54, 1.807) is 18.4 Å². The van der Waals surface area contributed by atoms with Gasteiger partial charge in [0.15, 0.2) is 11.7 Å². The molecule has 3 aromatic rings. The van der Waals surface area contributed by atoms with Crippen LogP contribution in [-0.4, -0.2) is 29.7 Å². The molecule has 0 atom stereocenters. The van der Waals surface area contributed by atoms with Crippen LogP contribution in [0.25, 0.3) is 11.3 Å². The highest BCUT2D eigenvalue weighted by molar-refractivity contribution is 7.11. The van der Waals surface area contributed by atoms with Crippen LogP contribution in [0.4, 0.5) is 0 Å². The van der Waals surface area contributed by atoms with Gasteiger partial charge in [0.05, 0.1) is 11.6 Å². The van der Waals surface area contributed by atoms with E-state index in [1.807, 2.05) is 42.6 Å². The lowest BCUT2D eigenvalue weighted by Gasteiger charge is -2.09. The smallest absolute Gasteiger partial charge is 0.191 e. The molecule has 0 bridgehead atoms. The van der Waals surface area contributed by atoms with Crippen molar-refractivity contribution in [3.8, 4) is 11.3 Å². The zero-order chi connectivity index (χ0) is 18.2. The Morgan fingerprint density at radius 3 is 2.81 bits per heavy atom. The minimum absolute atomic E-state index is 0.549. The lowest BCUT2D eigenvalue weighted by atomic mass is 10.2. The molecule has 0 aliphatic rings. The van der Waals surface area contributed by atoms with Gasteiger partial charge in [-0.3, -0.25) is 4.99 Å². The lowest BCUT2D eigenvalue weighted by molar-refractivity contribution is 0.422. The number of thiazole rings is 1. The molecule has 3 rings (SSSR count). The van der Waals surface area contributed by atoms with Crippen LogP contribution in [0.1, 0.15) is 22.5 Å². The second kappa shape index (κ2) is 9.15. The number of aliphatic imine (C=N–C) groups is 1. The summed E-state index contributed by atoms with van der Waals surface area (Å²) in [5.74, 6) is 1.50. The molecule has 0 spiro atoms. The molecule has 0 radical (unpaired) electrons. The van der Waals surface area contributed by atoms with Crippen LogP contribution < -0.4 is 10.6 Å². The van der Waals surface area contributed by atoms with E-state index < -0.39 is 0 Å². The molecule has 7 heteroatoms. The quantitative estimate of drug-likeness (QED) is 0.494. The van der Waals surface area contributed by atoms with E-state index in [0.717, 1.165) is 47.4 Å². The Kier molecular flexibility index (Phi) is 6.38. The molecule has 0 saturated heterocycles. The summed E-state index contributed by atoms with van der Waals surface area (Å²) >= 11 is 1.77. The topological polar surface area (TPSA) is 75.3 Å². The Hall–Kier alpha value is -2.67. The van der Waals surface area contributed by atoms with Gasteiger partial charge in [0.25, 0.3) is 0 Å². The Balaban J connectivity index is 1.46. The SMILES string of the molecule is CCc1cnc(CCNC(=NC)NCc2cc(-c3ccccc3)on2)s1. The monoisotopic (exact) mass is 369 g/mol. The average molecular weight is 369 g/mol. The highest BCUT2D eigenvalue weighted by Gasteiger charge is 2.07. The van der Waals surface area contributed by atoms with Gasteiger partial charge < -0.3 is 15.2 Å². The second-order valence-corrected chi connectivity index (χ2v) is 6.92. The maximum atomic E-state index is 5.41. The van der Waals surface area contributed by atoms with E-state index in [-0.39, 0.29) is 0 Å². The molecule has 0 fully saturated rings. The van der Waals surface area contributed by atoms with Crippen molar-refractivity contribution in [2.75, 3.05) is 13.6 Å². The standard InChI is InChI=1S/C19H23N5OS/c1-3-16-13-22-18(26-16)9-10-21-19(20-2)23-12-15-11-17(25-24-15)14-7-5-4-6-8-14/h4-8,11,13H,3,9-10,12H2,1-2H3,(H2,20,21,23). The van der Waals surface area contributed by atoms with Gasteiger partial charge in [-0.2, -0.15) is 0 Å². The summed E-state index contributed by atoms with van der Waals surface area (Å²) in [5, 5.41) is 11.8. The molecule has 2 N–H and O–H groups in total. The number of hydrogen-bond donors (Lipinski definition) is 2. The summed E-state index contributed by atoms with van der Waals surface area (Å²) in [7, 11) is 1.76. The summed E-state index contributed by atoms with van der Waals surface area (Å²) in [4.78, 5) is 9.99. The first-order valence-electron chi connectivity index (χ1n) is 8.67. The van der Waals surface area contributed by atoms with E-state index in [0.29, 0.717) is 6.54 Å². The maximum absolute atomic E-state index is 5.41. The largest absolute Gasteiger partial charge is 0.356 e. The minimum atomic E-state index is 0.549. The van der Waals surface area contributed by atoms with Gasteiger partial charge in [-0.1, -0.05) is 42.4 Å². The van der Waals surface area contributed by atoms with Gasteiger partial charge in [-0.05, 0) is 6.42 Å². The predicted octanol–water partition coefficient (Wildman–Crippen LogP) is 3.27. The van der Waals surface area contributed by atoms with E-state index in [9.17, 15) is 0 Å². The van der Waals surface area contributed by atoms with Crippen molar-refractivity contribution in [1.82, 2.24) is 20.8 Å². The van der Waals surface area contributed by atoms with Crippen LogP contribution in [0.3, 0.4) is 0 Å². The fourth-order valence-electron chi connectivity index (χ4n) is 2.44. The van der Waals surface area contributed by atoms with Gasteiger partial charge in [0.2, 0.25) is 0 Å². The summed E-state index contributed by atoms with van der Waals surface area (Å²) in [6.45, 7) is 3.48. The Morgan fingerprint density at radius 2 is 2.08 bits per heavy atom. The molecular weight excluding hydrogens is 346 g/mol. The summed E-state index contributed by atoms with van der Waals surface area (Å²) in [5.41, 5.74) is 1.85. The van der Waals surface area contributed by atoms with Crippen LogP contribution >= 0.6 is 11.3 Å². The molecule has 26 heavy (non-hydrogen) atoms. The van der Waals surface area contributed by atoms with Crippen LogP contribution in [-0.2, 0) is 19.4 Å². The zero-order valence-electron chi connectivity index (χ0n) is 15.0. The lowest BCUT2D eigenvalue weighted by Crippen LogP contribution is -2.37. The minimum Gasteiger partial charge on any atom is -0.356 e. The van der Waals surface area contributed by atoms with E-state index in [1.165, 1.54) is 4.88 Å². The Bertz CT molecular complexity index is 841. The molecule has 0 aliphatic heterocycles. The summed E-state index contributed by atoms with van der Waals surface area (Å²) in [6.07, 6.45) is 3.88. The highest BCUT2D eigenvalue weighted by Crippen LogP contribution is 2.19. The van der Waals surface area contributed by atoms with E-state index >= 15 is 0 Å². The Labute approximate surface area is 157 Å². The third-order valence-electron chi connectivity index (χ3n) is 3.86. The second-order valence-electron chi connectivity index (χ2n) is 5.72. The van der Waals surface area contributed by atoms with Crippen molar-refractivity contribution in [3.05, 3.63) is 58.2 Å². The van der Waals surface area contributed by atoms with Crippen LogP contribution in [0.5, 0.6) is 0 Å². The van der Waals surface area contributed by atoms with Gasteiger partial charge in [0.1, 0.15) is 5.69 Å². The first-order chi connectivity index (χ1) is 12.8. The van der Waals surface area contributed by atoms with Crippen molar-refractivity contribution in [2.24, 2.45) is 4.99 Å². The molecule has 136 valence electrons. The highest BCUT2D eigenvalue weighted by atomic mass is 32.1. The van der Waals surface area contributed by atoms with Gasteiger partial charge in [0, 0.05) is 42.7 Å². The third kappa shape index (κ3) is 4.92. The van der Waals surface area contributed by atoms with Gasteiger partial charge >= 0.3 is 0 Å². The molecule has 0 unspecified atom stereocenters. The van der Waals surface area contributed by atoms with Crippen LogP contribution in [0.15, 0.2) is 52.1 Å². The molecule has 0 amide bonds. The number of aromatic nitrogens is 2. The van der Waals surface area contributed by atoms with Gasteiger partial charge in [-0.15, -0.1) is 11.3 Å². The third-order valence-corrected chi connectivity index (χ3v) is 5.06. The Morgan fingerprint density at radius 1 is 1.23 bits per heavy atom. The van der Waals surface area contributed by atoms with Crippen LogP contribution in [0.2, 0.25) is 0 Å². The molecule has 6 nitrogen and oxygen atoms in total. The summed E-state index contributed by atoms with van der Waals surface area (Å²) in [6, 6.07) is 11.9. The van der Waals surface area contributed by atoms with Crippen molar-refractivity contribution in [1.29, 1.82) is 0 Å². The number of nitrogens with one attached hydrogen (secondary N) is 2. The van der Waals surface area contributed by atoms with Gasteiger partial charge in [-0.25, -0.2) is 4.98 Å². The molecule has 0 saturated carbocycles. The van der Waals surface area contributed by atoms with Crippen molar-refractivity contribution < 1.29 is 4.52 Å². The van der Waals surface area contributed by atoms with Crippen LogP contribution in [0, 0.1) is 0 Å². The first-order valence-corrected chi connectivity index (χ1v) is 9.49. The molecule has 1 aromatic carbocycles. The number of aryl methyl sites for hydroxylation is 1. The fraction of sp³-hybridized carbons (Fsp3) is 0.316. The molecule has 2 heterocycles. The first kappa shape index (κ1) is 18.1. The normalized spacial score (nSPS) is 11.5. The molecular formula is C19H23N5OS. The predicted molar refractivity (Wildman–Crippen MR) is 105 cm³/mol. The maximum Gasteiger partial charge on any atom is 0.191 e. The van der Waals surface area contributed by atoms with E-state index in [2.05, 4.69) is 32.7 Å². The molecule has 2 aromatic heterocycles. The molecule has 0 aliphatic carbocycles. The average Bonchev–Trinajstić information content (AvgIpc) is 3.34. The summed E-state index contributed by atoms with van der Waals surface area (Å²) < 4.78 is 5.41. The number of hydrogen-bond acceptors (Lipinski definition) is 5. The number of benzene rings is 1. The fourth-order valence-corrected chi connectivity index (χ4v) is 3.31. The van der Waals surface area contributed by atoms with Crippen molar-refractivity contribution in [2.45, 2.75) is 26.3 Å². The van der Waals surface area contributed by atoms with E-state index in [4.69, 9.17) is 4.52 Å². The van der Waals surface area contributed by atoms with Crippen molar-refractivity contribution >= 4 is 17.3 Å². The van der Waals surface area contributed by atoms with Crippen molar-refractivity contribution in [3.63, 3.8) is 0 Å². The number of rotatable bonds is 7.